The van der Waals surface area contributed by atoms with Gasteiger partial charge in [0.25, 0.3) is 0 Å². The molecule has 2 aliphatic heterocycles. The van der Waals surface area contributed by atoms with E-state index in [1.54, 1.807) is 50.6 Å². The fourth-order valence-corrected chi connectivity index (χ4v) is 7.23. The van der Waals surface area contributed by atoms with Gasteiger partial charge in [-0.15, -0.1) is 0 Å². The lowest BCUT2D eigenvalue weighted by Gasteiger charge is -2.38. The SMILES string of the molecule is COc1ccc(OC)c(C2CN(S(=O)(=O)c3ccccc3)CC2C(=O)N2CCN(c3ccccc3C)CC2)c1. The number of hydrogen-bond donors (Lipinski definition) is 0. The van der Waals surface area contributed by atoms with Crippen molar-refractivity contribution >= 4 is 21.6 Å². The van der Waals surface area contributed by atoms with Gasteiger partial charge in [-0.05, 0) is 48.9 Å². The van der Waals surface area contributed by atoms with Crippen LogP contribution in [-0.4, -0.2) is 77.0 Å². The van der Waals surface area contributed by atoms with Gasteiger partial charge < -0.3 is 19.3 Å². The third-order valence-electron chi connectivity index (χ3n) is 7.87. The van der Waals surface area contributed by atoms with E-state index in [4.69, 9.17) is 9.47 Å². The van der Waals surface area contributed by atoms with Crippen molar-refractivity contribution < 1.29 is 22.7 Å². The van der Waals surface area contributed by atoms with Gasteiger partial charge in [-0.1, -0.05) is 36.4 Å². The number of aryl methyl sites for hydroxylation is 1. The number of nitrogens with zero attached hydrogens (tertiary/aromatic N) is 3. The van der Waals surface area contributed by atoms with E-state index in [1.807, 2.05) is 29.2 Å². The Balaban J connectivity index is 1.43. The second kappa shape index (κ2) is 11.3. The molecule has 2 unspecified atom stereocenters. The molecular formula is C30H35N3O5S. The zero-order chi connectivity index (χ0) is 27.6. The number of carbonyl (C=O) groups is 1. The summed E-state index contributed by atoms with van der Waals surface area (Å²) in [6.45, 7) is 5.00. The Kier molecular flexibility index (Phi) is 7.81. The molecule has 0 aliphatic carbocycles. The quantitative estimate of drug-likeness (QED) is 0.447. The number of benzene rings is 3. The summed E-state index contributed by atoms with van der Waals surface area (Å²) in [6.07, 6.45) is 0. The minimum Gasteiger partial charge on any atom is -0.497 e. The van der Waals surface area contributed by atoms with Crippen LogP contribution in [0, 0.1) is 12.8 Å². The third kappa shape index (κ3) is 5.33. The number of anilines is 1. The lowest BCUT2D eigenvalue weighted by molar-refractivity contribution is -0.135. The van der Waals surface area contributed by atoms with E-state index in [0.29, 0.717) is 24.6 Å². The molecule has 39 heavy (non-hydrogen) atoms. The summed E-state index contributed by atoms with van der Waals surface area (Å²) in [7, 11) is -0.609. The lowest BCUT2D eigenvalue weighted by Crippen LogP contribution is -2.51. The Morgan fingerprint density at radius 3 is 2.21 bits per heavy atom. The van der Waals surface area contributed by atoms with Crippen LogP contribution < -0.4 is 14.4 Å². The molecule has 2 saturated heterocycles. The van der Waals surface area contributed by atoms with Crippen molar-refractivity contribution in [3.8, 4) is 11.5 Å². The van der Waals surface area contributed by atoms with Gasteiger partial charge in [0, 0.05) is 56.4 Å². The number of para-hydroxylation sites is 1. The van der Waals surface area contributed by atoms with E-state index >= 15 is 0 Å². The molecule has 2 heterocycles. The van der Waals surface area contributed by atoms with Crippen molar-refractivity contribution in [3.63, 3.8) is 0 Å². The van der Waals surface area contributed by atoms with Crippen LogP contribution >= 0.6 is 0 Å². The number of methoxy groups -OCH3 is 2. The molecule has 9 heteroatoms. The van der Waals surface area contributed by atoms with E-state index in [1.165, 1.54) is 15.6 Å². The van der Waals surface area contributed by atoms with Crippen LogP contribution in [0.2, 0.25) is 0 Å². The maximum Gasteiger partial charge on any atom is 0.243 e. The zero-order valence-electron chi connectivity index (χ0n) is 22.6. The largest absolute Gasteiger partial charge is 0.497 e. The molecule has 3 aromatic rings. The summed E-state index contributed by atoms with van der Waals surface area (Å²) in [5, 5.41) is 0. The van der Waals surface area contributed by atoms with Crippen molar-refractivity contribution in [2.45, 2.75) is 17.7 Å². The Labute approximate surface area is 230 Å². The summed E-state index contributed by atoms with van der Waals surface area (Å²) in [5.74, 6) is 0.292. The molecule has 1 amide bonds. The standard InChI is InChI=1S/C30H35N3O5S/c1-22-9-7-8-12-28(22)31-15-17-32(18-16-31)30(34)27-21-33(39(35,36)24-10-5-4-6-11-24)20-26(27)25-19-23(37-2)13-14-29(25)38-3/h4-14,19,26-27H,15-18,20-21H2,1-3H3. The Hall–Kier alpha value is -3.56. The van der Waals surface area contributed by atoms with Gasteiger partial charge in [-0.25, -0.2) is 8.42 Å². The molecule has 206 valence electrons. The maximum atomic E-state index is 14.1. The van der Waals surface area contributed by atoms with Crippen molar-refractivity contribution in [3.05, 3.63) is 83.9 Å². The summed E-state index contributed by atoms with van der Waals surface area (Å²) >= 11 is 0. The van der Waals surface area contributed by atoms with E-state index in [0.717, 1.165) is 18.7 Å². The second-order valence-electron chi connectivity index (χ2n) is 10.1. The number of rotatable bonds is 7. The molecule has 0 radical (unpaired) electrons. The van der Waals surface area contributed by atoms with Crippen LogP contribution in [0.5, 0.6) is 11.5 Å². The highest BCUT2D eigenvalue weighted by Crippen LogP contribution is 2.42. The minimum absolute atomic E-state index is 0.0277. The van der Waals surface area contributed by atoms with Crippen LogP contribution in [0.1, 0.15) is 17.0 Å². The summed E-state index contributed by atoms with van der Waals surface area (Å²) in [6, 6.07) is 22.1. The molecule has 2 fully saturated rings. The van der Waals surface area contributed by atoms with Crippen molar-refractivity contribution in [1.29, 1.82) is 0 Å². The highest BCUT2D eigenvalue weighted by molar-refractivity contribution is 7.89. The van der Waals surface area contributed by atoms with Gasteiger partial charge in [0.15, 0.2) is 0 Å². The Bertz CT molecular complexity index is 1420. The fraction of sp³-hybridized carbons (Fsp3) is 0.367. The lowest BCUT2D eigenvalue weighted by atomic mass is 9.87. The molecule has 2 atom stereocenters. The van der Waals surface area contributed by atoms with Crippen molar-refractivity contribution in [1.82, 2.24) is 9.21 Å². The van der Waals surface area contributed by atoms with Crippen LogP contribution in [0.3, 0.4) is 0 Å². The predicted molar refractivity (Wildman–Crippen MR) is 151 cm³/mol. The number of hydrogen-bond acceptors (Lipinski definition) is 6. The molecule has 0 saturated carbocycles. The summed E-state index contributed by atoms with van der Waals surface area (Å²) in [5.41, 5.74) is 3.17. The van der Waals surface area contributed by atoms with Gasteiger partial charge in [-0.2, -0.15) is 4.31 Å². The normalized spacial score (nSPS) is 20.2. The maximum absolute atomic E-state index is 14.1. The van der Waals surface area contributed by atoms with Crippen LogP contribution in [-0.2, 0) is 14.8 Å². The Morgan fingerprint density at radius 1 is 0.846 bits per heavy atom. The number of sulfonamides is 1. The van der Waals surface area contributed by atoms with E-state index in [-0.39, 0.29) is 29.8 Å². The first kappa shape index (κ1) is 27.0. The van der Waals surface area contributed by atoms with Gasteiger partial charge in [0.05, 0.1) is 25.0 Å². The first-order valence-corrected chi connectivity index (χ1v) is 14.6. The number of ether oxygens (including phenoxy) is 2. The van der Waals surface area contributed by atoms with Gasteiger partial charge in [0.1, 0.15) is 11.5 Å². The second-order valence-corrected chi connectivity index (χ2v) is 12.0. The Morgan fingerprint density at radius 2 is 1.54 bits per heavy atom. The minimum atomic E-state index is -3.78. The highest BCUT2D eigenvalue weighted by Gasteiger charge is 2.46. The smallest absolute Gasteiger partial charge is 0.243 e. The topological polar surface area (TPSA) is 79.4 Å². The molecule has 0 bridgehead atoms. The number of piperazine rings is 1. The molecule has 3 aromatic carbocycles. The molecule has 0 aromatic heterocycles. The van der Waals surface area contributed by atoms with Crippen molar-refractivity contribution in [2.75, 3.05) is 58.4 Å². The fourth-order valence-electron chi connectivity index (χ4n) is 5.72. The highest BCUT2D eigenvalue weighted by atomic mass is 32.2. The first-order chi connectivity index (χ1) is 18.8. The zero-order valence-corrected chi connectivity index (χ0v) is 23.4. The molecular weight excluding hydrogens is 514 g/mol. The third-order valence-corrected chi connectivity index (χ3v) is 9.71. The van der Waals surface area contributed by atoms with Crippen LogP contribution in [0.25, 0.3) is 0 Å². The molecule has 8 nitrogen and oxygen atoms in total. The van der Waals surface area contributed by atoms with E-state index < -0.39 is 15.9 Å². The van der Waals surface area contributed by atoms with Crippen LogP contribution in [0.4, 0.5) is 5.69 Å². The van der Waals surface area contributed by atoms with Gasteiger partial charge >= 0.3 is 0 Å². The van der Waals surface area contributed by atoms with E-state index in [9.17, 15) is 13.2 Å². The predicted octanol–water partition coefficient (Wildman–Crippen LogP) is 3.77. The molecule has 5 rings (SSSR count). The average molecular weight is 550 g/mol. The van der Waals surface area contributed by atoms with Gasteiger partial charge in [0.2, 0.25) is 15.9 Å². The van der Waals surface area contributed by atoms with E-state index in [2.05, 4.69) is 24.0 Å². The number of amides is 1. The first-order valence-electron chi connectivity index (χ1n) is 13.2. The molecule has 0 spiro atoms. The summed E-state index contributed by atoms with van der Waals surface area (Å²) < 4.78 is 39.8. The molecule has 0 N–H and O–H groups in total. The average Bonchev–Trinajstić information content (AvgIpc) is 3.43. The summed E-state index contributed by atoms with van der Waals surface area (Å²) in [4.78, 5) is 18.5. The van der Waals surface area contributed by atoms with Crippen LogP contribution in [0.15, 0.2) is 77.7 Å². The van der Waals surface area contributed by atoms with Gasteiger partial charge in [-0.3, -0.25) is 4.79 Å². The van der Waals surface area contributed by atoms with Crippen molar-refractivity contribution in [2.24, 2.45) is 5.92 Å². The number of carbonyl (C=O) groups excluding carboxylic acids is 1. The molecule has 2 aliphatic rings. The monoisotopic (exact) mass is 549 g/mol.